The van der Waals surface area contributed by atoms with Crippen molar-refractivity contribution in [2.75, 3.05) is 0 Å². The first-order chi connectivity index (χ1) is 5.75. The fourth-order valence-corrected chi connectivity index (χ4v) is 0.807. The minimum Gasteiger partial charge on any atom is -0.757 e. The standard InChI is InChI=1S/C8H5N2O2.Na/c9-6-8(10(11)12)7-4-2-1-3-5-7;/h1-5H;/q-1;+1. The van der Waals surface area contributed by atoms with Gasteiger partial charge in [-0.3, -0.25) is 10.1 Å². The zero-order chi connectivity index (χ0) is 8.97. The first kappa shape index (κ1) is 12.1. The summed E-state index contributed by atoms with van der Waals surface area (Å²) in [6, 6.07) is 8.09. The SMILES string of the molecule is [N-]=C=C(c1ccccc1)[N+](=O)[O-].[Na+]. The summed E-state index contributed by atoms with van der Waals surface area (Å²) in [5.74, 6) is 1.54. The largest absolute Gasteiger partial charge is 1.00 e. The number of nitrogens with zero attached hydrogens (tertiary/aromatic N) is 2. The first-order valence-electron chi connectivity index (χ1n) is 3.22. The van der Waals surface area contributed by atoms with Gasteiger partial charge in [-0.05, 0) is 12.1 Å². The molecule has 0 amide bonds. The van der Waals surface area contributed by atoms with Crippen molar-refractivity contribution in [1.82, 2.24) is 0 Å². The Morgan fingerprint density at radius 2 is 1.92 bits per heavy atom. The average Bonchev–Trinajstić information content (AvgIpc) is 2.07. The number of benzene rings is 1. The molecule has 1 rings (SSSR count). The third kappa shape index (κ3) is 3.13. The van der Waals surface area contributed by atoms with Crippen molar-refractivity contribution >= 4 is 11.6 Å². The molecule has 0 fully saturated rings. The van der Waals surface area contributed by atoms with Crippen molar-refractivity contribution in [3.05, 3.63) is 51.4 Å². The van der Waals surface area contributed by atoms with E-state index >= 15 is 0 Å². The molecule has 5 heteroatoms. The van der Waals surface area contributed by atoms with Crippen LogP contribution < -0.4 is 29.6 Å². The molecule has 1 aromatic carbocycles. The molecule has 13 heavy (non-hydrogen) atoms. The van der Waals surface area contributed by atoms with Crippen molar-refractivity contribution in [2.24, 2.45) is 0 Å². The second-order valence-corrected chi connectivity index (χ2v) is 2.08. The molecule has 0 N–H and O–H groups in total. The van der Waals surface area contributed by atoms with Gasteiger partial charge in [-0.25, -0.2) is 0 Å². The van der Waals surface area contributed by atoms with Crippen LogP contribution in [0.2, 0.25) is 0 Å². The summed E-state index contributed by atoms with van der Waals surface area (Å²) in [5, 5.41) is 18.7. The van der Waals surface area contributed by atoms with Gasteiger partial charge in [0.25, 0.3) is 5.70 Å². The maximum absolute atomic E-state index is 10.3. The quantitative estimate of drug-likeness (QED) is 0.244. The van der Waals surface area contributed by atoms with Crippen LogP contribution in [-0.2, 0) is 0 Å². The van der Waals surface area contributed by atoms with Crippen LogP contribution in [0.4, 0.5) is 0 Å². The van der Waals surface area contributed by atoms with E-state index in [1.165, 1.54) is 18.0 Å². The molecule has 0 radical (unpaired) electrons. The van der Waals surface area contributed by atoms with Crippen LogP contribution in [0, 0.1) is 10.1 Å². The monoisotopic (exact) mass is 184 g/mol. The van der Waals surface area contributed by atoms with E-state index in [9.17, 15) is 10.1 Å². The topological polar surface area (TPSA) is 65.4 Å². The van der Waals surface area contributed by atoms with E-state index in [0.717, 1.165) is 0 Å². The summed E-state index contributed by atoms with van der Waals surface area (Å²) in [6.07, 6.45) is 0. The van der Waals surface area contributed by atoms with Crippen LogP contribution in [0.25, 0.3) is 11.1 Å². The molecule has 0 aliphatic carbocycles. The number of rotatable bonds is 2. The van der Waals surface area contributed by atoms with Gasteiger partial charge >= 0.3 is 29.6 Å². The molecule has 0 aliphatic rings. The summed E-state index contributed by atoms with van der Waals surface area (Å²) < 4.78 is 0. The van der Waals surface area contributed by atoms with Crippen molar-refractivity contribution in [1.29, 1.82) is 0 Å². The predicted molar refractivity (Wildman–Crippen MR) is 45.2 cm³/mol. The van der Waals surface area contributed by atoms with E-state index in [0.29, 0.717) is 5.56 Å². The van der Waals surface area contributed by atoms with Crippen LogP contribution in [0.15, 0.2) is 30.3 Å². The van der Waals surface area contributed by atoms with E-state index < -0.39 is 10.6 Å². The smallest absolute Gasteiger partial charge is 0.757 e. The van der Waals surface area contributed by atoms with Gasteiger partial charge in [0, 0.05) is 0 Å². The van der Waals surface area contributed by atoms with Crippen LogP contribution >= 0.6 is 0 Å². The molecule has 0 atom stereocenters. The first-order valence-corrected chi connectivity index (χ1v) is 3.22. The van der Waals surface area contributed by atoms with Gasteiger partial charge in [0.2, 0.25) is 0 Å². The second kappa shape index (κ2) is 5.67. The minimum atomic E-state index is -0.685. The molecule has 1 aromatic rings. The van der Waals surface area contributed by atoms with Gasteiger partial charge in [-0.1, -0.05) is 18.2 Å². The zero-order valence-electron chi connectivity index (χ0n) is 7.10. The van der Waals surface area contributed by atoms with Gasteiger partial charge < -0.3 is 5.41 Å². The van der Waals surface area contributed by atoms with Gasteiger partial charge in [0.05, 0.1) is 10.5 Å². The molecule has 0 aliphatic heterocycles. The molecule has 0 bridgehead atoms. The van der Waals surface area contributed by atoms with Gasteiger partial charge in [0.15, 0.2) is 0 Å². The molecule has 60 valence electrons. The van der Waals surface area contributed by atoms with Gasteiger partial charge in [0.1, 0.15) is 0 Å². The molecule has 0 saturated heterocycles. The van der Waals surface area contributed by atoms with E-state index in [2.05, 4.69) is 0 Å². The van der Waals surface area contributed by atoms with E-state index in [-0.39, 0.29) is 29.6 Å². The zero-order valence-corrected chi connectivity index (χ0v) is 9.10. The molecule has 0 spiro atoms. The normalized spacial score (nSPS) is 8.00. The number of hydrogen-bond acceptors (Lipinski definition) is 2. The molecule has 0 unspecified atom stereocenters. The van der Waals surface area contributed by atoms with Crippen LogP contribution in [0.1, 0.15) is 5.56 Å². The van der Waals surface area contributed by atoms with Crippen molar-refractivity contribution in [3.8, 4) is 0 Å². The third-order valence-corrected chi connectivity index (χ3v) is 1.34. The second-order valence-electron chi connectivity index (χ2n) is 2.08. The molecule has 0 heterocycles. The Kier molecular flexibility index (Phi) is 5.26. The van der Waals surface area contributed by atoms with Crippen molar-refractivity contribution in [2.45, 2.75) is 0 Å². The fraction of sp³-hybridized carbons (Fsp3) is 0. The van der Waals surface area contributed by atoms with E-state index in [1.807, 2.05) is 0 Å². The summed E-state index contributed by atoms with van der Waals surface area (Å²) in [7, 11) is 0. The summed E-state index contributed by atoms with van der Waals surface area (Å²) in [5.41, 5.74) is -0.0828. The van der Waals surface area contributed by atoms with E-state index in [4.69, 9.17) is 5.41 Å². The Balaban J connectivity index is 0.00000144. The number of nitro groups is 1. The summed E-state index contributed by atoms with van der Waals surface area (Å²) >= 11 is 0. The average molecular weight is 184 g/mol. The Hall–Kier alpha value is -0.930. The Labute approximate surface area is 97.2 Å². The summed E-state index contributed by atoms with van der Waals surface area (Å²) in [6.45, 7) is 0. The maximum Gasteiger partial charge on any atom is 1.00 e. The van der Waals surface area contributed by atoms with Crippen molar-refractivity contribution < 1.29 is 34.5 Å². The van der Waals surface area contributed by atoms with Crippen LogP contribution in [-0.4, -0.2) is 10.8 Å². The molecular weight excluding hydrogens is 179 g/mol. The van der Waals surface area contributed by atoms with Crippen LogP contribution in [0.3, 0.4) is 0 Å². The Morgan fingerprint density at radius 3 is 2.31 bits per heavy atom. The van der Waals surface area contributed by atoms with E-state index in [1.54, 1.807) is 18.2 Å². The summed E-state index contributed by atoms with van der Waals surface area (Å²) in [4.78, 5) is 9.59. The van der Waals surface area contributed by atoms with Crippen molar-refractivity contribution in [3.63, 3.8) is 0 Å². The number of hydrogen-bond donors (Lipinski definition) is 0. The maximum atomic E-state index is 10.3. The van der Waals surface area contributed by atoms with Gasteiger partial charge in [-0.15, -0.1) is 0 Å². The molecule has 0 saturated carbocycles. The van der Waals surface area contributed by atoms with Crippen LogP contribution in [0.5, 0.6) is 0 Å². The molecular formula is C8H5N2NaO2. The Bertz CT molecular complexity index is 344. The minimum absolute atomic E-state index is 0. The molecule has 0 aromatic heterocycles. The Morgan fingerprint density at radius 1 is 1.38 bits per heavy atom. The van der Waals surface area contributed by atoms with Gasteiger partial charge in [-0.2, -0.15) is 5.87 Å². The predicted octanol–water partition coefficient (Wildman–Crippen LogP) is -1.45. The third-order valence-electron chi connectivity index (χ3n) is 1.34. The molecule has 4 nitrogen and oxygen atoms in total. The fourth-order valence-electron chi connectivity index (χ4n) is 0.807.